The third-order valence-electron chi connectivity index (χ3n) is 4.10. The first-order valence-corrected chi connectivity index (χ1v) is 9.78. The molecule has 2 aromatic carbocycles. The zero-order valence-corrected chi connectivity index (χ0v) is 17.4. The zero-order valence-electron chi connectivity index (χ0n) is 15.0. The lowest BCUT2D eigenvalue weighted by atomic mass is 10.1. The lowest BCUT2D eigenvalue weighted by Crippen LogP contribution is -2.28. The van der Waals surface area contributed by atoms with Crippen LogP contribution in [0.4, 0.5) is 5.69 Å². The largest absolute Gasteiger partial charge is 0.444 e. The van der Waals surface area contributed by atoms with Crippen LogP contribution in [0.2, 0.25) is 5.02 Å². The van der Waals surface area contributed by atoms with E-state index in [1.54, 1.807) is 42.5 Å². The van der Waals surface area contributed by atoms with Crippen molar-refractivity contribution in [2.75, 3.05) is 5.32 Å². The van der Waals surface area contributed by atoms with E-state index in [0.717, 1.165) is 11.1 Å². The van der Waals surface area contributed by atoms with Gasteiger partial charge in [-0.25, -0.2) is 0 Å². The van der Waals surface area contributed by atoms with Gasteiger partial charge >= 0.3 is 0 Å². The monoisotopic (exact) mass is 460 g/mol. The Bertz CT molecular complexity index is 985. The van der Waals surface area contributed by atoms with Crippen molar-refractivity contribution < 1.29 is 14.0 Å². The maximum Gasteiger partial charge on any atom is 0.291 e. The standard InChI is InChI=1S/C21H18BrClN2O3/c1-13(15-3-2-4-16(23)12-15)24-20(26)11-14-5-7-17(8-6-14)25-21(27)18-9-10-19(22)28-18/h2-10,12-13H,11H2,1H3,(H,24,26)(H,25,27). The highest BCUT2D eigenvalue weighted by Crippen LogP contribution is 2.18. The predicted octanol–water partition coefficient (Wildman–Crippen LogP) is 5.37. The number of carbonyl (C=O) groups is 2. The summed E-state index contributed by atoms with van der Waals surface area (Å²) < 4.78 is 5.71. The Kier molecular flexibility index (Phi) is 6.54. The van der Waals surface area contributed by atoms with Crippen molar-refractivity contribution in [2.45, 2.75) is 19.4 Å². The van der Waals surface area contributed by atoms with E-state index in [1.165, 1.54) is 0 Å². The molecule has 1 atom stereocenters. The number of benzene rings is 2. The molecule has 1 aromatic heterocycles. The third kappa shape index (κ3) is 5.47. The van der Waals surface area contributed by atoms with E-state index in [-0.39, 0.29) is 30.0 Å². The molecule has 28 heavy (non-hydrogen) atoms. The molecule has 0 fully saturated rings. The van der Waals surface area contributed by atoms with Crippen LogP contribution in [-0.4, -0.2) is 11.8 Å². The van der Waals surface area contributed by atoms with Crippen molar-refractivity contribution >= 4 is 45.0 Å². The molecular formula is C21H18BrClN2O3. The quantitative estimate of drug-likeness (QED) is 0.518. The van der Waals surface area contributed by atoms with E-state index in [1.807, 2.05) is 25.1 Å². The summed E-state index contributed by atoms with van der Waals surface area (Å²) in [5.74, 6) is -0.221. The summed E-state index contributed by atoms with van der Waals surface area (Å²) in [6.07, 6.45) is 0.240. The highest BCUT2D eigenvalue weighted by molar-refractivity contribution is 9.10. The average Bonchev–Trinajstić information content (AvgIpc) is 3.10. The molecule has 3 rings (SSSR count). The number of hydrogen-bond acceptors (Lipinski definition) is 3. The number of anilines is 1. The first kappa shape index (κ1) is 20.2. The van der Waals surface area contributed by atoms with E-state index in [2.05, 4.69) is 26.6 Å². The van der Waals surface area contributed by atoms with Gasteiger partial charge in [0.2, 0.25) is 5.91 Å². The van der Waals surface area contributed by atoms with Gasteiger partial charge in [0.05, 0.1) is 12.5 Å². The van der Waals surface area contributed by atoms with Crippen molar-refractivity contribution in [3.8, 4) is 0 Å². The molecule has 0 spiro atoms. The van der Waals surface area contributed by atoms with Crippen LogP contribution in [0, 0.1) is 0 Å². The number of amides is 2. The molecule has 144 valence electrons. The number of nitrogens with one attached hydrogen (secondary N) is 2. The summed E-state index contributed by atoms with van der Waals surface area (Å²) in [5.41, 5.74) is 2.41. The molecule has 7 heteroatoms. The van der Waals surface area contributed by atoms with Crippen LogP contribution < -0.4 is 10.6 Å². The fourth-order valence-corrected chi connectivity index (χ4v) is 3.18. The van der Waals surface area contributed by atoms with Crippen LogP contribution in [0.25, 0.3) is 0 Å². The summed E-state index contributed by atoms with van der Waals surface area (Å²) >= 11 is 9.16. The first-order valence-electron chi connectivity index (χ1n) is 8.61. The van der Waals surface area contributed by atoms with Gasteiger partial charge in [-0.05, 0) is 70.4 Å². The second-order valence-electron chi connectivity index (χ2n) is 6.28. The average molecular weight is 462 g/mol. The number of carbonyl (C=O) groups excluding carboxylic acids is 2. The first-order chi connectivity index (χ1) is 13.4. The molecule has 0 saturated heterocycles. The van der Waals surface area contributed by atoms with Crippen molar-refractivity contribution in [3.05, 3.63) is 87.2 Å². The third-order valence-corrected chi connectivity index (χ3v) is 4.76. The highest BCUT2D eigenvalue weighted by atomic mass is 79.9. The van der Waals surface area contributed by atoms with E-state index in [4.69, 9.17) is 16.0 Å². The van der Waals surface area contributed by atoms with Crippen molar-refractivity contribution in [2.24, 2.45) is 0 Å². The zero-order chi connectivity index (χ0) is 20.1. The maximum atomic E-state index is 12.3. The minimum atomic E-state index is -0.341. The molecule has 0 aliphatic rings. The van der Waals surface area contributed by atoms with Crippen LogP contribution in [0.15, 0.2) is 69.8 Å². The SMILES string of the molecule is CC(NC(=O)Cc1ccc(NC(=O)c2ccc(Br)o2)cc1)c1cccc(Cl)c1. The van der Waals surface area contributed by atoms with Crippen LogP contribution >= 0.6 is 27.5 Å². The molecule has 0 bridgehead atoms. The predicted molar refractivity (Wildman–Crippen MR) is 113 cm³/mol. The van der Waals surface area contributed by atoms with Gasteiger partial charge in [-0.2, -0.15) is 0 Å². The molecule has 0 saturated carbocycles. The normalized spacial score (nSPS) is 11.7. The van der Waals surface area contributed by atoms with Gasteiger partial charge in [0.25, 0.3) is 5.91 Å². The molecule has 5 nitrogen and oxygen atoms in total. The molecule has 0 aliphatic carbocycles. The van der Waals surface area contributed by atoms with Crippen LogP contribution in [0.1, 0.15) is 34.6 Å². The molecule has 0 aliphatic heterocycles. The molecule has 3 aromatic rings. The Labute approximate surface area is 176 Å². The van der Waals surface area contributed by atoms with Crippen LogP contribution in [-0.2, 0) is 11.2 Å². The summed E-state index contributed by atoms with van der Waals surface area (Å²) in [4.78, 5) is 24.4. The van der Waals surface area contributed by atoms with Crippen molar-refractivity contribution in [1.82, 2.24) is 5.32 Å². The summed E-state index contributed by atoms with van der Waals surface area (Å²) in [7, 11) is 0. The Morgan fingerprint density at radius 3 is 2.50 bits per heavy atom. The summed E-state index contributed by atoms with van der Waals surface area (Å²) in [6.45, 7) is 1.91. The number of halogens is 2. The molecular weight excluding hydrogens is 444 g/mol. The number of hydrogen-bond donors (Lipinski definition) is 2. The van der Waals surface area contributed by atoms with Gasteiger partial charge in [-0.15, -0.1) is 0 Å². The molecule has 2 N–H and O–H groups in total. The Hall–Kier alpha value is -2.57. The van der Waals surface area contributed by atoms with Gasteiger partial charge in [-0.3, -0.25) is 9.59 Å². The van der Waals surface area contributed by atoms with E-state index >= 15 is 0 Å². The minimum absolute atomic E-state index is 0.0929. The second kappa shape index (κ2) is 9.08. The van der Waals surface area contributed by atoms with Gasteiger partial charge < -0.3 is 15.1 Å². The lowest BCUT2D eigenvalue weighted by molar-refractivity contribution is -0.121. The van der Waals surface area contributed by atoms with Crippen molar-refractivity contribution in [1.29, 1.82) is 0 Å². The molecule has 1 unspecified atom stereocenters. The smallest absolute Gasteiger partial charge is 0.291 e. The lowest BCUT2D eigenvalue weighted by Gasteiger charge is -2.15. The summed E-state index contributed by atoms with van der Waals surface area (Å²) in [5, 5.41) is 6.34. The van der Waals surface area contributed by atoms with Gasteiger partial charge in [0.15, 0.2) is 10.4 Å². The van der Waals surface area contributed by atoms with E-state index in [0.29, 0.717) is 15.4 Å². The van der Waals surface area contributed by atoms with Crippen LogP contribution in [0.5, 0.6) is 0 Å². The van der Waals surface area contributed by atoms with Crippen LogP contribution in [0.3, 0.4) is 0 Å². The van der Waals surface area contributed by atoms with Gasteiger partial charge in [0.1, 0.15) is 0 Å². The fraction of sp³-hybridized carbons (Fsp3) is 0.143. The number of furan rings is 1. The van der Waals surface area contributed by atoms with E-state index in [9.17, 15) is 9.59 Å². The number of rotatable bonds is 6. The highest BCUT2D eigenvalue weighted by Gasteiger charge is 2.12. The van der Waals surface area contributed by atoms with Gasteiger partial charge in [-0.1, -0.05) is 35.9 Å². The molecule has 2 amide bonds. The Balaban J connectivity index is 1.54. The Morgan fingerprint density at radius 2 is 1.86 bits per heavy atom. The maximum absolute atomic E-state index is 12.3. The Morgan fingerprint density at radius 1 is 1.11 bits per heavy atom. The van der Waals surface area contributed by atoms with E-state index < -0.39 is 0 Å². The second-order valence-corrected chi connectivity index (χ2v) is 7.49. The van der Waals surface area contributed by atoms with Gasteiger partial charge in [0, 0.05) is 10.7 Å². The molecule has 0 radical (unpaired) electrons. The molecule has 1 heterocycles. The summed E-state index contributed by atoms with van der Waals surface area (Å²) in [6, 6.07) is 17.6. The fourth-order valence-electron chi connectivity index (χ4n) is 2.67. The topological polar surface area (TPSA) is 71.3 Å². The van der Waals surface area contributed by atoms with Crippen molar-refractivity contribution in [3.63, 3.8) is 0 Å². The minimum Gasteiger partial charge on any atom is -0.444 e.